The zero-order valence-electron chi connectivity index (χ0n) is 12.4. The van der Waals surface area contributed by atoms with Crippen LogP contribution in [0.5, 0.6) is 0 Å². The number of aromatic nitrogens is 3. The smallest absolute Gasteiger partial charge is 0.250 e. The van der Waals surface area contributed by atoms with Crippen molar-refractivity contribution in [3.05, 3.63) is 77.1 Å². The van der Waals surface area contributed by atoms with Gasteiger partial charge in [0.25, 0.3) is 5.91 Å². The largest absolute Gasteiger partial charge is 0.366 e. The number of hydrogen-bond donors (Lipinski definition) is 2. The molecule has 1 atom stereocenters. The van der Waals surface area contributed by atoms with E-state index < -0.39 is 23.6 Å². The third-order valence-corrected chi connectivity index (χ3v) is 3.55. The molecular weight excluding hydrogens is 316 g/mol. The van der Waals surface area contributed by atoms with Crippen molar-refractivity contribution in [2.45, 2.75) is 6.04 Å². The second-order valence-electron chi connectivity index (χ2n) is 5.12. The van der Waals surface area contributed by atoms with Crippen molar-refractivity contribution in [3.8, 4) is 5.69 Å². The minimum absolute atomic E-state index is 0.273. The van der Waals surface area contributed by atoms with E-state index in [4.69, 9.17) is 11.5 Å². The van der Waals surface area contributed by atoms with E-state index in [0.29, 0.717) is 16.9 Å². The van der Waals surface area contributed by atoms with Crippen LogP contribution in [-0.2, 0) is 0 Å². The van der Waals surface area contributed by atoms with E-state index in [-0.39, 0.29) is 5.56 Å². The Morgan fingerprint density at radius 3 is 2.58 bits per heavy atom. The first-order valence-corrected chi connectivity index (χ1v) is 6.99. The summed E-state index contributed by atoms with van der Waals surface area (Å²) in [5.41, 5.74) is 12.8. The van der Waals surface area contributed by atoms with E-state index in [2.05, 4.69) is 10.3 Å². The van der Waals surface area contributed by atoms with Crippen molar-refractivity contribution >= 4 is 5.91 Å². The first-order valence-electron chi connectivity index (χ1n) is 6.99. The number of rotatable bonds is 4. The maximum Gasteiger partial charge on any atom is 0.250 e. The van der Waals surface area contributed by atoms with E-state index in [1.165, 1.54) is 16.9 Å². The van der Waals surface area contributed by atoms with Crippen LogP contribution in [0.2, 0.25) is 0 Å². The van der Waals surface area contributed by atoms with Crippen molar-refractivity contribution in [2.75, 3.05) is 0 Å². The van der Waals surface area contributed by atoms with E-state index in [1.54, 1.807) is 24.3 Å². The highest BCUT2D eigenvalue weighted by Crippen LogP contribution is 2.21. The van der Waals surface area contributed by atoms with Crippen LogP contribution in [0.4, 0.5) is 8.78 Å². The molecule has 0 radical (unpaired) electrons. The fourth-order valence-corrected chi connectivity index (χ4v) is 2.30. The standard InChI is InChI=1S/C16H13F2N5O/c17-11-6-5-9(7-12(11)18)15(19)13-8-23(22-21-13)14-4-2-1-3-10(14)16(20)24/h1-8,15H,19H2,(H2,20,24). The van der Waals surface area contributed by atoms with Crippen molar-refractivity contribution in [1.82, 2.24) is 15.0 Å². The van der Waals surface area contributed by atoms with Crippen molar-refractivity contribution < 1.29 is 13.6 Å². The van der Waals surface area contributed by atoms with E-state index in [1.807, 2.05) is 0 Å². The Morgan fingerprint density at radius 1 is 1.12 bits per heavy atom. The molecule has 3 aromatic rings. The molecule has 0 aliphatic heterocycles. The number of para-hydroxylation sites is 1. The molecule has 2 aromatic carbocycles. The summed E-state index contributed by atoms with van der Waals surface area (Å²) in [4.78, 5) is 11.5. The van der Waals surface area contributed by atoms with Gasteiger partial charge in [-0.15, -0.1) is 5.10 Å². The van der Waals surface area contributed by atoms with Gasteiger partial charge in [0.05, 0.1) is 23.5 Å². The summed E-state index contributed by atoms with van der Waals surface area (Å²) in [6.07, 6.45) is 1.51. The Hall–Kier alpha value is -3.13. The average molecular weight is 329 g/mol. The molecule has 0 bridgehead atoms. The Kier molecular flexibility index (Phi) is 4.05. The van der Waals surface area contributed by atoms with Crippen molar-refractivity contribution in [2.24, 2.45) is 11.5 Å². The molecule has 3 rings (SSSR count). The molecule has 0 saturated heterocycles. The highest BCUT2D eigenvalue weighted by molar-refractivity contribution is 5.96. The first-order chi connectivity index (χ1) is 11.5. The molecule has 4 N–H and O–H groups in total. The minimum atomic E-state index is -0.991. The molecule has 1 heterocycles. The maximum atomic E-state index is 13.3. The Bertz CT molecular complexity index is 909. The van der Waals surface area contributed by atoms with E-state index in [0.717, 1.165) is 12.1 Å². The molecule has 1 unspecified atom stereocenters. The quantitative estimate of drug-likeness (QED) is 0.761. The SMILES string of the molecule is NC(=O)c1ccccc1-n1cc(C(N)c2ccc(F)c(F)c2)nn1. The van der Waals surface area contributed by atoms with E-state index >= 15 is 0 Å². The van der Waals surface area contributed by atoms with Crippen LogP contribution in [-0.4, -0.2) is 20.9 Å². The number of benzene rings is 2. The van der Waals surface area contributed by atoms with Gasteiger partial charge in [-0.1, -0.05) is 23.4 Å². The molecule has 1 aromatic heterocycles. The molecule has 8 heteroatoms. The number of carbonyl (C=O) groups is 1. The molecule has 122 valence electrons. The van der Waals surface area contributed by atoms with Gasteiger partial charge in [-0.2, -0.15) is 0 Å². The summed E-state index contributed by atoms with van der Waals surface area (Å²) < 4.78 is 27.7. The fraction of sp³-hybridized carbons (Fsp3) is 0.0625. The van der Waals surface area contributed by atoms with Gasteiger partial charge in [0.1, 0.15) is 5.69 Å². The third-order valence-electron chi connectivity index (χ3n) is 3.55. The van der Waals surface area contributed by atoms with Crippen molar-refractivity contribution in [1.29, 1.82) is 0 Å². The zero-order chi connectivity index (χ0) is 17.3. The Morgan fingerprint density at radius 2 is 1.88 bits per heavy atom. The molecular formula is C16H13F2N5O. The number of amides is 1. The molecule has 24 heavy (non-hydrogen) atoms. The van der Waals surface area contributed by atoms with Crippen LogP contribution in [0.15, 0.2) is 48.7 Å². The summed E-state index contributed by atoms with van der Waals surface area (Å²) in [6.45, 7) is 0. The Balaban J connectivity index is 1.96. The van der Waals surface area contributed by atoms with Crippen LogP contribution >= 0.6 is 0 Å². The maximum absolute atomic E-state index is 13.3. The van der Waals surface area contributed by atoms with E-state index in [9.17, 15) is 13.6 Å². The van der Waals surface area contributed by atoms with Crippen LogP contribution in [0, 0.1) is 11.6 Å². The lowest BCUT2D eigenvalue weighted by molar-refractivity contribution is 0.1000. The van der Waals surface area contributed by atoms with Gasteiger partial charge in [0.15, 0.2) is 11.6 Å². The average Bonchev–Trinajstić information content (AvgIpc) is 3.06. The number of nitrogens with zero attached hydrogens (tertiary/aromatic N) is 3. The second kappa shape index (κ2) is 6.17. The van der Waals surface area contributed by atoms with Crippen molar-refractivity contribution in [3.63, 3.8) is 0 Å². The summed E-state index contributed by atoms with van der Waals surface area (Å²) in [5, 5.41) is 7.87. The molecule has 0 saturated carbocycles. The summed E-state index contributed by atoms with van der Waals surface area (Å²) in [5.74, 6) is -2.55. The fourth-order valence-electron chi connectivity index (χ4n) is 2.30. The number of hydrogen-bond acceptors (Lipinski definition) is 4. The van der Waals surface area contributed by atoms with Gasteiger partial charge >= 0.3 is 0 Å². The van der Waals surface area contributed by atoms with Gasteiger partial charge < -0.3 is 11.5 Å². The summed E-state index contributed by atoms with van der Waals surface area (Å²) >= 11 is 0. The molecule has 6 nitrogen and oxygen atoms in total. The first kappa shape index (κ1) is 15.8. The van der Waals surface area contributed by atoms with Gasteiger partial charge in [-0.05, 0) is 29.8 Å². The Labute approximate surface area is 135 Å². The van der Waals surface area contributed by atoms with Crippen LogP contribution in [0.1, 0.15) is 27.7 Å². The van der Waals surface area contributed by atoms with Gasteiger partial charge in [-0.25, -0.2) is 13.5 Å². The lowest BCUT2D eigenvalue weighted by Crippen LogP contribution is -2.15. The molecule has 0 aliphatic carbocycles. The number of halogens is 2. The number of primary amides is 1. The summed E-state index contributed by atoms with van der Waals surface area (Å²) in [6, 6.07) is 9.20. The minimum Gasteiger partial charge on any atom is -0.366 e. The predicted molar refractivity (Wildman–Crippen MR) is 82.3 cm³/mol. The molecule has 0 fully saturated rings. The van der Waals surface area contributed by atoms with Crippen LogP contribution < -0.4 is 11.5 Å². The van der Waals surface area contributed by atoms with Crippen LogP contribution in [0.3, 0.4) is 0 Å². The van der Waals surface area contributed by atoms with Gasteiger partial charge in [-0.3, -0.25) is 4.79 Å². The number of carbonyl (C=O) groups excluding carboxylic acids is 1. The lowest BCUT2D eigenvalue weighted by Gasteiger charge is -2.09. The topological polar surface area (TPSA) is 99.8 Å². The zero-order valence-corrected chi connectivity index (χ0v) is 12.4. The predicted octanol–water partition coefficient (Wildman–Crippen LogP) is 1.69. The molecule has 0 spiro atoms. The highest BCUT2D eigenvalue weighted by Gasteiger charge is 2.17. The summed E-state index contributed by atoms with van der Waals surface area (Å²) in [7, 11) is 0. The van der Waals surface area contributed by atoms with Crippen LogP contribution in [0.25, 0.3) is 5.69 Å². The van der Waals surface area contributed by atoms with Gasteiger partial charge in [0, 0.05) is 0 Å². The third kappa shape index (κ3) is 2.86. The molecule has 0 aliphatic rings. The number of nitrogens with two attached hydrogens (primary N) is 2. The normalized spacial score (nSPS) is 12.1. The second-order valence-corrected chi connectivity index (χ2v) is 5.12. The van der Waals surface area contributed by atoms with Gasteiger partial charge in [0.2, 0.25) is 0 Å². The molecule has 1 amide bonds. The monoisotopic (exact) mass is 329 g/mol. The highest BCUT2D eigenvalue weighted by atomic mass is 19.2. The lowest BCUT2D eigenvalue weighted by atomic mass is 10.1.